The highest BCUT2D eigenvalue weighted by atomic mass is 32.1. The quantitative estimate of drug-likeness (QED) is 0.827. The second-order valence-electron chi connectivity index (χ2n) is 4.79. The summed E-state index contributed by atoms with van der Waals surface area (Å²) in [7, 11) is 1.69. The highest BCUT2D eigenvalue weighted by Crippen LogP contribution is 2.39. The number of rotatable bonds is 1. The molecular weight excluding hydrogens is 220 g/mol. The zero-order chi connectivity index (χ0) is 11.9. The summed E-state index contributed by atoms with van der Waals surface area (Å²) in [5.41, 5.74) is 7.84. The lowest BCUT2D eigenvalue weighted by Crippen LogP contribution is -2.13. The van der Waals surface area contributed by atoms with Crippen LogP contribution in [0.3, 0.4) is 0 Å². The smallest absolute Gasteiger partial charge is 0.181 e. The number of nitrogen functional groups attached to an aromatic ring is 1. The molecule has 16 heavy (non-hydrogen) atoms. The van der Waals surface area contributed by atoms with Gasteiger partial charge in [0.25, 0.3) is 0 Å². The molecule has 1 aromatic carbocycles. The molecule has 86 valence electrons. The van der Waals surface area contributed by atoms with Crippen molar-refractivity contribution in [1.82, 2.24) is 4.98 Å². The third-order valence-electron chi connectivity index (χ3n) is 2.51. The number of anilines is 1. The summed E-state index contributed by atoms with van der Waals surface area (Å²) < 4.78 is 6.53. The first-order chi connectivity index (χ1) is 7.43. The summed E-state index contributed by atoms with van der Waals surface area (Å²) in [5, 5.41) is 0.605. The molecule has 0 atom stereocenters. The Morgan fingerprint density at radius 2 is 2.00 bits per heavy atom. The Labute approximate surface area is 99.3 Å². The first-order valence-corrected chi connectivity index (χ1v) is 5.98. The van der Waals surface area contributed by atoms with Crippen molar-refractivity contribution in [3.63, 3.8) is 0 Å². The maximum absolute atomic E-state index is 5.76. The van der Waals surface area contributed by atoms with Crippen molar-refractivity contribution in [3.05, 3.63) is 17.7 Å². The first kappa shape index (κ1) is 11.2. The van der Waals surface area contributed by atoms with Gasteiger partial charge in [0.1, 0.15) is 5.75 Å². The number of nitrogens with two attached hydrogens (primary N) is 1. The van der Waals surface area contributed by atoms with E-state index >= 15 is 0 Å². The van der Waals surface area contributed by atoms with E-state index in [9.17, 15) is 0 Å². The molecule has 0 fully saturated rings. The lowest BCUT2D eigenvalue weighted by Gasteiger charge is -2.22. The summed E-state index contributed by atoms with van der Waals surface area (Å²) in [6, 6.07) is 4.00. The number of nitrogens with zero attached hydrogens (tertiary/aromatic N) is 1. The lowest BCUT2D eigenvalue weighted by atomic mass is 9.85. The first-order valence-electron chi connectivity index (χ1n) is 5.17. The topological polar surface area (TPSA) is 48.1 Å². The molecule has 1 heterocycles. The number of aromatic nitrogens is 1. The molecule has 0 amide bonds. The van der Waals surface area contributed by atoms with Gasteiger partial charge in [0.05, 0.1) is 17.3 Å². The Morgan fingerprint density at radius 3 is 2.56 bits per heavy atom. The molecule has 0 unspecified atom stereocenters. The van der Waals surface area contributed by atoms with Crippen LogP contribution in [0.15, 0.2) is 12.1 Å². The zero-order valence-electron chi connectivity index (χ0n) is 10.00. The fraction of sp³-hybridized carbons (Fsp3) is 0.417. The van der Waals surface area contributed by atoms with Gasteiger partial charge in [-0.25, -0.2) is 4.98 Å². The summed E-state index contributed by atoms with van der Waals surface area (Å²) in [5.74, 6) is 0.880. The van der Waals surface area contributed by atoms with Crippen LogP contribution in [0.5, 0.6) is 5.75 Å². The molecule has 2 rings (SSSR count). The van der Waals surface area contributed by atoms with E-state index in [1.165, 1.54) is 11.3 Å². The van der Waals surface area contributed by atoms with Gasteiger partial charge in [-0.3, -0.25) is 0 Å². The van der Waals surface area contributed by atoms with Crippen molar-refractivity contribution >= 4 is 26.7 Å². The van der Waals surface area contributed by atoms with Gasteiger partial charge < -0.3 is 10.5 Å². The molecule has 0 bridgehead atoms. The van der Waals surface area contributed by atoms with E-state index in [1.807, 2.05) is 12.1 Å². The maximum Gasteiger partial charge on any atom is 0.181 e. The molecule has 2 N–H and O–H groups in total. The Morgan fingerprint density at radius 1 is 1.31 bits per heavy atom. The largest absolute Gasteiger partial charge is 0.496 e. The number of methoxy groups -OCH3 is 1. The van der Waals surface area contributed by atoms with E-state index in [0.29, 0.717) is 5.13 Å². The molecular formula is C12H16N2OS. The maximum atomic E-state index is 5.76. The van der Waals surface area contributed by atoms with Crippen LogP contribution in [0.2, 0.25) is 0 Å². The van der Waals surface area contributed by atoms with E-state index in [2.05, 4.69) is 25.8 Å². The molecule has 0 saturated heterocycles. The Hall–Kier alpha value is -1.29. The van der Waals surface area contributed by atoms with Crippen molar-refractivity contribution in [2.45, 2.75) is 26.2 Å². The van der Waals surface area contributed by atoms with E-state index in [1.54, 1.807) is 7.11 Å². The second kappa shape index (κ2) is 3.63. The van der Waals surface area contributed by atoms with E-state index in [-0.39, 0.29) is 5.41 Å². The van der Waals surface area contributed by atoms with E-state index < -0.39 is 0 Å². The molecule has 2 aromatic rings. The Kier molecular flexibility index (Phi) is 2.54. The summed E-state index contributed by atoms with van der Waals surface area (Å²) in [6.45, 7) is 6.46. The molecule has 0 saturated carbocycles. The Bertz CT molecular complexity index is 526. The van der Waals surface area contributed by atoms with Gasteiger partial charge in [-0.15, -0.1) is 0 Å². The minimum absolute atomic E-state index is 0.00856. The SMILES string of the molecule is COc1ccc2sc(N)nc2c1C(C)(C)C. The molecule has 0 aliphatic heterocycles. The van der Waals surface area contributed by atoms with Crippen LogP contribution >= 0.6 is 11.3 Å². The van der Waals surface area contributed by atoms with Crippen LogP contribution < -0.4 is 10.5 Å². The Balaban J connectivity index is 2.83. The average molecular weight is 236 g/mol. The van der Waals surface area contributed by atoms with Gasteiger partial charge in [0.2, 0.25) is 0 Å². The van der Waals surface area contributed by atoms with Crippen LogP contribution in [0, 0.1) is 0 Å². The van der Waals surface area contributed by atoms with Gasteiger partial charge in [-0.2, -0.15) is 0 Å². The third kappa shape index (κ3) is 1.73. The fourth-order valence-electron chi connectivity index (χ4n) is 1.89. The number of benzene rings is 1. The molecule has 4 heteroatoms. The molecule has 0 aliphatic rings. The molecule has 1 aromatic heterocycles. The third-order valence-corrected chi connectivity index (χ3v) is 3.36. The van der Waals surface area contributed by atoms with Crippen LogP contribution in [0.4, 0.5) is 5.13 Å². The van der Waals surface area contributed by atoms with Crippen LogP contribution in [0.1, 0.15) is 26.3 Å². The van der Waals surface area contributed by atoms with E-state index in [4.69, 9.17) is 10.5 Å². The predicted octanol–water partition coefficient (Wildman–Crippen LogP) is 3.18. The number of ether oxygens (including phenoxy) is 1. The van der Waals surface area contributed by atoms with Gasteiger partial charge in [-0.1, -0.05) is 32.1 Å². The number of fused-ring (bicyclic) bond motifs is 1. The lowest BCUT2D eigenvalue weighted by molar-refractivity contribution is 0.399. The minimum Gasteiger partial charge on any atom is -0.496 e. The van der Waals surface area contributed by atoms with Gasteiger partial charge in [-0.05, 0) is 17.5 Å². The molecule has 0 radical (unpaired) electrons. The van der Waals surface area contributed by atoms with Crippen molar-refractivity contribution in [3.8, 4) is 5.75 Å². The van der Waals surface area contributed by atoms with Crippen molar-refractivity contribution in [2.75, 3.05) is 12.8 Å². The van der Waals surface area contributed by atoms with Crippen molar-refractivity contribution in [1.29, 1.82) is 0 Å². The predicted molar refractivity (Wildman–Crippen MR) is 69.3 cm³/mol. The highest BCUT2D eigenvalue weighted by Gasteiger charge is 2.23. The van der Waals surface area contributed by atoms with E-state index in [0.717, 1.165) is 21.5 Å². The van der Waals surface area contributed by atoms with Crippen molar-refractivity contribution in [2.24, 2.45) is 0 Å². The fourth-order valence-corrected chi connectivity index (χ4v) is 2.63. The normalized spacial score (nSPS) is 12.0. The average Bonchev–Trinajstić information content (AvgIpc) is 2.54. The van der Waals surface area contributed by atoms with Gasteiger partial charge >= 0.3 is 0 Å². The van der Waals surface area contributed by atoms with Crippen molar-refractivity contribution < 1.29 is 4.74 Å². The van der Waals surface area contributed by atoms with Crippen LogP contribution in [-0.4, -0.2) is 12.1 Å². The summed E-state index contributed by atoms with van der Waals surface area (Å²) in [4.78, 5) is 4.40. The second-order valence-corrected chi connectivity index (χ2v) is 5.85. The minimum atomic E-state index is -0.00856. The number of hydrogen-bond acceptors (Lipinski definition) is 4. The van der Waals surface area contributed by atoms with Gasteiger partial charge in [0, 0.05) is 5.56 Å². The molecule has 3 nitrogen and oxygen atoms in total. The highest BCUT2D eigenvalue weighted by molar-refractivity contribution is 7.22. The summed E-state index contributed by atoms with van der Waals surface area (Å²) in [6.07, 6.45) is 0. The number of thiazole rings is 1. The molecule has 0 aliphatic carbocycles. The standard InChI is InChI=1S/C12H16N2OS/c1-12(2,3)9-7(15-4)5-6-8-10(9)14-11(13)16-8/h5-6H,1-4H3,(H2,13,14). The number of hydrogen-bond donors (Lipinski definition) is 1. The molecule has 0 spiro atoms. The van der Waals surface area contributed by atoms with Crippen LogP contribution in [-0.2, 0) is 5.41 Å². The van der Waals surface area contributed by atoms with Gasteiger partial charge in [0.15, 0.2) is 5.13 Å². The zero-order valence-corrected chi connectivity index (χ0v) is 10.8. The monoisotopic (exact) mass is 236 g/mol. The summed E-state index contributed by atoms with van der Waals surface area (Å²) >= 11 is 1.51. The van der Waals surface area contributed by atoms with Crippen LogP contribution in [0.25, 0.3) is 10.2 Å².